The molecule has 3 rings (SSSR count). The van der Waals surface area contributed by atoms with E-state index >= 15 is 0 Å². The molecular weight excluding hydrogens is 266 g/mol. The first-order chi connectivity index (χ1) is 7.86. The van der Waals surface area contributed by atoms with Crippen LogP contribution in [0.5, 0.6) is 0 Å². The number of halogens is 1. The Morgan fingerprint density at radius 1 is 1.31 bits per heavy atom. The molecule has 1 aromatic heterocycles. The molecule has 0 amide bonds. The van der Waals surface area contributed by atoms with Gasteiger partial charge in [0.1, 0.15) is 5.82 Å². The highest BCUT2D eigenvalue weighted by atomic mass is 79.9. The van der Waals surface area contributed by atoms with Gasteiger partial charge in [-0.2, -0.15) is 5.10 Å². The molecule has 0 fully saturated rings. The van der Waals surface area contributed by atoms with E-state index in [1.54, 1.807) is 0 Å². The van der Waals surface area contributed by atoms with Crippen LogP contribution in [0.1, 0.15) is 12.0 Å². The van der Waals surface area contributed by atoms with Gasteiger partial charge in [-0.15, -0.1) is 0 Å². The third-order valence-corrected chi connectivity index (χ3v) is 3.51. The Kier molecular flexibility index (Phi) is 2.44. The van der Waals surface area contributed by atoms with E-state index in [0.29, 0.717) is 0 Å². The van der Waals surface area contributed by atoms with Crippen molar-refractivity contribution in [3.63, 3.8) is 0 Å². The van der Waals surface area contributed by atoms with E-state index in [1.807, 2.05) is 29.1 Å². The van der Waals surface area contributed by atoms with Crippen LogP contribution in [0.25, 0.3) is 5.69 Å². The predicted octanol–water partition coefficient (Wildman–Crippen LogP) is 2.99. The average molecular weight is 278 g/mol. The van der Waals surface area contributed by atoms with Crippen LogP contribution in [0.2, 0.25) is 0 Å². The van der Waals surface area contributed by atoms with Crippen LogP contribution in [0.4, 0.5) is 5.82 Å². The van der Waals surface area contributed by atoms with E-state index < -0.39 is 0 Å². The fourth-order valence-electron chi connectivity index (χ4n) is 2.05. The molecule has 0 bridgehead atoms. The largest absolute Gasteiger partial charge is 0.370 e. The van der Waals surface area contributed by atoms with Crippen molar-refractivity contribution in [2.24, 2.45) is 0 Å². The summed E-state index contributed by atoms with van der Waals surface area (Å²) in [7, 11) is 0. The van der Waals surface area contributed by atoms with Crippen molar-refractivity contribution in [2.75, 3.05) is 11.9 Å². The summed E-state index contributed by atoms with van der Waals surface area (Å²) < 4.78 is 3.03. The molecule has 1 aliphatic heterocycles. The Labute approximate surface area is 103 Å². The minimum atomic E-state index is 1.03. The van der Waals surface area contributed by atoms with Crippen LogP contribution in [-0.2, 0) is 6.42 Å². The van der Waals surface area contributed by atoms with Crippen molar-refractivity contribution in [1.29, 1.82) is 0 Å². The lowest BCUT2D eigenvalue weighted by atomic mass is 10.1. The molecule has 2 aromatic rings. The molecule has 0 atom stereocenters. The number of fused-ring (bicyclic) bond motifs is 1. The molecule has 0 aliphatic carbocycles. The van der Waals surface area contributed by atoms with Crippen molar-refractivity contribution in [3.8, 4) is 5.69 Å². The zero-order chi connectivity index (χ0) is 11.0. The lowest BCUT2D eigenvalue weighted by Crippen LogP contribution is -2.14. The van der Waals surface area contributed by atoms with Gasteiger partial charge in [0.15, 0.2) is 0 Å². The maximum absolute atomic E-state index is 4.45. The maximum Gasteiger partial charge on any atom is 0.133 e. The molecule has 1 aliphatic rings. The standard InChI is InChI=1S/C12H12BrN3/c13-10-5-1-2-6-11(10)16-12-9(8-15-16)4-3-7-14-12/h1-2,5-6,8,14H,3-4,7H2. The Morgan fingerprint density at radius 2 is 2.19 bits per heavy atom. The topological polar surface area (TPSA) is 29.9 Å². The summed E-state index contributed by atoms with van der Waals surface area (Å²) in [5, 5.41) is 7.87. The molecule has 3 nitrogen and oxygen atoms in total. The second-order valence-corrected chi connectivity index (χ2v) is 4.77. The monoisotopic (exact) mass is 277 g/mol. The summed E-state index contributed by atoms with van der Waals surface area (Å²) in [5.74, 6) is 1.14. The van der Waals surface area contributed by atoms with E-state index in [9.17, 15) is 0 Å². The Morgan fingerprint density at radius 3 is 3.06 bits per heavy atom. The van der Waals surface area contributed by atoms with Crippen LogP contribution in [0.3, 0.4) is 0 Å². The van der Waals surface area contributed by atoms with Crippen molar-refractivity contribution < 1.29 is 0 Å². The van der Waals surface area contributed by atoms with E-state index in [-0.39, 0.29) is 0 Å². The number of aryl methyl sites for hydroxylation is 1. The zero-order valence-electron chi connectivity index (χ0n) is 8.78. The summed E-state index contributed by atoms with van der Waals surface area (Å²) in [5.41, 5.74) is 2.39. The first kappa shape index (κ1) is 9.90. The molecule has 0 radical (unpaired) electrons. The number of hydrogen-bond donors (Lipinski definition) is 1. The van der Waals surface area contributed by atoms with E-state index in [0.717, 1.165) is 28.9 Å². The molecule has 82 valence electrons. The maximum atomic E-state index is 4.45. The third-order valence-electron chi connectivity index (χ3n) is 2.84. The van der Waals surface area contributed by atoms with Gasteiger partial charge in [0.05, 0.1) is 11.9 Å². The van der Waals surface area contributed by atoms with Gasteiger partial charge < -0.3 is 5.32 Å². The highest BCUT2D eigenvalue weighted by Crippen LogP contribution is 2.28. The van der Waals surface area contributed by atoms with Gasteiger partial charge in [-0.05, 0) is 40.9 Å². The number of hydrogen-bond acceptors (Lipinski definition) is 2. The van der Waals surface area contributed by atoms with Crippen LogP contribution in [0.15, 0.2) is 34.9 Å². The van der Waals surface area contributed by atoms with E-state index in [2.05, 4.69) is 32.4 Å². The highest BCUT2D eigenvalue weighted by Gasteiger charge is 2.16. The first-order valence-electron chi connectivity index (χ1n) is 5.42. The quantitative estimate of drug-likeness (QED) is 0.869. The number of anilines is 1. The fraction of sp³-hybridized carbons (Fsp3) is 0.250. The molecule has 16 heavy (non-hydrogen) atoms. The van der Waals surface area contributed by atoms with Gasteiger partial charge in [0.25, 0.3) is 0 Å². The van der Waals surface area contributed by atoms with Crippen LogP contribution >= 0.6 is 15.9 Å². The highest BCUT2D eigenvalue weighted by molar-refractivity contribution is 9.10. The Hall–Kier alpha value is -1.29. The van der Waals surface area contributed by atoms with Gasteiger partial charge >= 0.3 is 0 Å². The van der Waals surface area contributed by atoms with E-state index in [4.69, 9.17) is 0 Å². The summed E-state index contributed by atoms with van der Waals surface area (Å²) in [6.07, 6.45) is 4.27. The van der Waals surface area contributed by atoms with Crippen molar-refractivity contribution in [1.82, 2.24) is 9.78 Å². The van der Waals surface area contributed by atoms with Gasteiger partial charge in [-0.25, -0.2) is 4.68 Å². The fourth-order valence-corrected chi connectivity index (χ4v) is 2.50. The molecular formula is C12H12BrN3. The molecule has 0 unspecified atom stereocenters. The summed E-state index contributed by atoms with van der Waals surface area (Å²) in [4.78, 5) is 0. The summed E-state index contributed by atoms with van der Waals surface area (Å²) >= 11 is 3.56. The molecule has 0 saturated heterocycles. The molecule has 0 saturated carbocycles. The molecule has 2 heterocycles. The Bertz CT molecular complexity index is 519. The van der Waals surface area contributed by atoms with Gasteiger partial charge in [0, 0.05) is 16.6 Å². The molecule has 1 aromatic carbocycles. The molecule has 4 heteroatoms. The van der Waals surface area contributed by atoms with Gasteiger partial charge in [0.2, 0.25) is 0 Å². The molecule has 1 N–H and O–H groups in total. The van der Waals surface area contributed by atoms with Gasteiger partial charge in [-0.1, -0.05) is 12.1 Å². The van der Waals surface area contributed by atoms with Crippen molar-refractivity contribution in [2.45, 2.75) is 12.8 Å². The van der Waals surface area contributed by atoms with Gasteiger partial charge in [-0.3, -0.25) is 0 Å². The number of rotatable bonds is 1. The summed E-state index contributed by atoms with van der Waals surface area (Å²) in [6.45, 7) is 1.03. The lowest BCUT2D eigenvalue weighted by Gasteiger charge is -2.16. The number of aromatic nitrogens is 2. The SMILES string of the molecule is Brc1ccccc1-n1ncc2c1NCCC2. The minimum Gasteiger partial charge on any atom is -0.370 e. The minimum absolute atomic E-state index is 1.03. The normalized spacial score (nSPS) is 14.3. The van der Waals surface area contributed by atoms with Crippen LogP contribution < -0.4 is 5.32 Å². The summed E-state index contributed by atoms with van der Waals surface area (Å²) in [6, 6.07) is 8.13. The van der Waals surface area contributed by atoms with Crippen LogP contribution in [0, 0.1) is 0 Å². The Balaban J connectivity index is 2.13. The van der Waals surface area contributed by atoms with Crippen molar-refractivity contribution in [3.05, 3.63) is 40.5 Å². The molecule has 0 spiro atoms. The number of para-hydroxylation sites is 1. The van der Waals surface area contributed by atoms with Crippen LogP contribution in [-0.4, -0.2) is 16.3 Å². The predicted molar refractivity (Wildman–Crippen MR) is 68.1 cm³/mol. The third kappa shape index (κ3) is 1.53. The number of benzene rings is 1. The lowest BCUT2D eigenvalue weighted by molar-refractivity contribution is 0.804. The second-order valence-electron chi connectivity index (χ2n) is 3.91. The number of nitrogens with zero attached hydrogens (tertiary/aromatic N) is 2. The van der Waals surface area contributed by atoms with E-state index in [1.165, 1.54) is 12.0 Å². The average Bonchev–Trinajstić information content (AvgIpc) is 2.74. The van der Waals surface area contributed by atoms with Crippen molar-refractivity contribution >= 4 is 21.7 Å². The smallest absolute Gasteiger partial charge is 0.133 e. The number of nitrogens with one attached hydrogen (secondary N) is 1. The first-order valence-corrected chi connectivity index (χ1v) is 6.21. The zero-order valence-corrected chi connectivity index (χ0v) is 10.4. The second kappa shape index (κ2) is 3.94.